The molecule has 2 N–H and O–H groups in total. The van der Waals surface area contributed by atoms with Gasteiger partial charge in [0.25, 0.3) is 0 Å². The molecule has 0 saturated carbocycles. The summed E-state index contributed by atoms with van der Waals surface area (Å²) < 4.78 is 20.2. The minimum atomic E-state index is -0.711. The van der Waals surface area contributed by atoms with Crippen molar-refractivity contribution in [3.8, 4) is 0 Å². The quantitative estimate of drug-likeness (QED) is 0.249. The predicted molar refractivity (Wildman–Crippen MR) is 148 cm³/mol. The molecule has 2 aromatic rings. The summed E-state index contributed by atoms with van der Waals surface area (Å²) >= 11 is 1.75. The van der Waals surface area contributed by atoms with E-state index in [0.29, 0.717) is 11.1 Å². The van der Waals surface area contributed by atoms with E-state index in [-0.39, 0.29) is 70.2 Å². The van der Waals surface area contributed by atoms with Gasteiger partial charge in [0.2, 0.25) is 11.8 Å². The number of carbonyl (C=O) groups excluding carboxylic acids is 6. The Balaban J connectivity index is 2.19. The van der Waals surface area contributed by atoms with Crippen molar-refractivity contribution < 1.29 is 47.7 Å². The van der Waals surface area contributed by atoms with Gasteiger partial charge in [0.15, 0.2) is 0 Å². The summed E-state index contributed by atoms with van der Waals surface area (Å²) in [6, 6.07) is 0. The van der Waals surface area contributed by atoms with Gasteiger partial charge < -0.3 is 29.6 Å². The van der Waals surface area contributed by atoms with Gasteiger partial charge in [-0.05, 0) is 52.7 Å². The van der Waals surface area contributed by atoms with Gasteiger partial charge in [-0.15, -0.1) is 22.7 Å². The maximum absolute atomic E-state index is 12.7. The Kier molecular flexibility index (Phi) is 12.3. The fourth-order valence-corrected chi connectivity index (χ4v) is 5.70. The molecule has 2 amide bonds. The SMILES string of the molecule is CCOC(=O)c1sc(NC(=O)CCC(=O)Nc2sc(C(=O)OCC)c(C)c2C(=O)OCC)c(C(=O)OCC)c1C. The number of thiophene rings is 2. The van der Waals surface area contributed by atoms with Gasteiger partial charge in [-0.3, -0.25) is 9.59 Å². The Labute approximate surface area is 239 Å². The maximum Gasteiger partial charge on any atom is 0.348 e. The molecule has 2 aromatic heterocycles. The number of carbonyl (C=O) groups is 6. The minimum Gasteiger partial charge on any atom is -0.462 e. The summed E-state index contributed by atoms with van der Waals surface area (Å²) in [5, 5.41) is 5.35. The van der Waals surface area contributed by atoms with E-state index in [9.17, 15) is 28.8 Å². The van der Waals surface area contributed by atoms with Crippen LogP contribution in [0.1, 0.15) is 91.7 Å². The van der Waals surface area contributed by atoms with Crippen LogP contribution in [0.3, 0.4) is 0 Å². The highest BCUT2D eigenvalue weighted by atomic mass is 32.1. The summed E-state index contributed by atoms with van der Waals surface area (Å²) in [6.45, 7) is 10.1. The number of rotatable bonds is 13. The van der Waals surface area contributed by atoms with Crippen LogP contribution in [0.4, 0.5) is 10.0 Å². The number of nitrogens with one attached hydrogen (secondary N) is 2. The lowest BCUT2D eigenvalue weighted by atomic mass is 10.1. The average Bonchev–Trinajstić information content (AvgIpc) is 3.39. The van der Waals surface area contributed by atoms with Gasteiger partial charge in [0.05, 0.1) is 37.6 Å². The van der Waals surface area contributed by atoms with Crippen molar-refractivity contribution in [2.24, 2.45) is 0 Å². The van der Waals surface area contributed by atoms with Crippen LogP contribution >= 0.6 is 22.7 Å². The Hall–Kier alpha value is -3.78. The second-order valence-electron chi connectivity index (χ2n) is 8.00. The number of ether oxygens (including phenoxy) is 4. The van der Waals surface area contributed by atoms with Crippen molar-refractivity contribution in [3.63, 3.8) is 0 Å². The molecule has 0 aliphatic rings. The van der Waals surface area contributed by atoms with Crippen LogP contribution in [0.25, 0.3) is 0 Å². The highest BCUT2D eigenvalue weighted by Crippen LogP contribution is 2.36. The molecule has 12 nitrogen and oxygen atoms in total. The van der Waals surface area contributed by atoms with Gasteiger partial charge in [0.1, 0.15) is 19.8 Å². The molecule has 0 atom stereocenters. The van der Waals surface area contributed by atoms with Gasteiger partial charge >= 0.3 is 23.9 Å². The summed E-state index contributed by atoms with van der Waals surface area (Å²) in [4.78, 5) is 75.4. The molecule has 0 spiro atoms. The molecule has 0 aromatic carbocycles. The first-order valence-corrected chi connectivity index (χ1v) is 14.2. The van der Waals surface area contributed by atoms with E-state index >= 15 is 0 Å². The van der Waals surface area contributed by atoms with E-state index in [1.165, 1.54) is 0 Å². The monoisotopic (exact) mass is 596 g/mol. The average molecular weight is 597 g/mol. The Morgan fingerprint density at radius 3 is 1.15 bits per heavy atom. The summed E-state index contributed by atoms with van der Waals surface area (Å²) in [5.41, 5.74) is 0.693. The zero-order chi connectivity index (χ0) is 30.0. The first-order chi connectivity index (χ1) is 19.0. The molecule has 2 heterocycles. The molecule has 0 saturated heterocycles. The fraction of sp³-hybridized carbons (Fsp3) is 0.462. The Morgan fingerprint density at radius 2 is 0.850 bits per heavy atom. The van der Waals surface area contributed by atoms with Crippen LogP contribution in [0.2, 0.25) is 0 Å². The highest BCUT2D eigenvalue weighted by molar-refractivity contribution is 7.19. The van der Waals surface area contributed by atoms with E-state index in [0.717, 1.165) is 22.7 Å². The summed E-state index contributed by atoms with van der Waals surface area (Å²) in [7, 11) is 0. The Bertz CT molecular complexity index is 1200. The third-order valence-electron chi connectivity index (χ3n) is 5.26. The number of anilines is 2. The standard InChI is InChI=1S/C26H32N2O10S2/c1-7-35-23(31)17-13(5)19(25(33)37-9-3)39-21(17)27-15(29)11-12-16(30)28-22-18(24(32)36-8-2)14(6)20(40-22)26(34)38-10-4/h7-12H2,1-6H3,(H,27,29)(H,28,30). The lowest BCUT2D eigenvalue weighted by molar-refractivity contribution is -0.121. The van der Waals surface area contributed by atoms with E-state index in [2.05, 4.69) is 10.6 Å². The van der Waals surface area contributed by atoms with Gasteiger partial charge in [-0.2, -0.15) is 0 Å². The van der Waals surface area contributed by atoms with Crippen molar-refractivity contribution in [3.05, 3.63) is 32.0 Å². The number of esters is 4. The Morgan fingerprint density at radius 1 is 0.550 bits per heavy atom. The van der Waals surface area contributed by atoms with Crippen LogP contribution in [0.5, 0.6) is 0 Å². The first kappa shape index (κ1) is 32.4. The van der Waals surface area contributed by atoms with Crippen molar-refractivity contribution in [1.82, 2.24) is 0 Å². The molecule has 40 heavy (non-hydrogen) atoms. The molecule has 0 unspecified atom stereocenters. The van der Waals surface area contributed by atoms with Crippen molar-refractivity contribution in [2.45, 2.75) is 54.4 Å². The molecule has 0 aliphatic carbocycles. The summed E-state index contributed by atoms with van der Waals surface area (Å²) in [5.74, 6) is -3.90. The molecule has 0 fully saturated rings. The third kappa shape index (κ3) is 7.88. The third-order valence-corrected chi connectivity index (χ3v) is 7.63. The van der Waals surface area contributed by atoms with E-state index in [1.807, 2.05) is 0 Å². The van der Waals surface area contributed by atoms with E-state index in [1.54, 1.807) is 41.5 Å². The number of hydrogen-bond donors (Lipinski definition) is 2. The maximum atomic E-state index is 12.7. The normalized spacial score (nSPS) is 10.4. The molecule has 2 rings (SSSR count). The second-order valence-corrected chi connectivity index (χ2v) is 10.0. The molecular weight excluding hydrogens is 564 g/mol. The smallest absolute Gasteiger partial charge is 0.348 e. The van der Waals surface area contributed by atoms with Crippen molar-refractivity contribution in [1.29, 1.82) is 0 Å². The molecule has 14 heteroatoms. The van der Waals surface area contributed by atoms with E-state index in [4.69, 9.17) is 18.9 Å². The second kappa shape index (κ2) is 15.1. The lowest BCUT2D eigenvalue weighted by Crippen LogP contribution is -2.19. The van der Waals surface area contributed by atoms with Crippen LogP contribution in [0.15, 0.2) is 0 Å². The van der Waals surface area contributed by atoms with Gasteiger partial charge in [-0.1, -0.05) is 0 Å². The lowest BCUT2D eigenvalue weighted by Gasteiger charge is -2.08. The predicted octanol–water partition coefficient (Wildman–Crippen LogP) is 4.49. The summed E-state index contributed by atoms with van der Waals surface area (Å²) in [6.07, 6.45) is -0.576. The molecule has 0 radical (unpaired) electrons. The minimum absolute atomic E-state index is 0.0346. The largest absolute Gasteiger partial charge is 0.462 e. The van der Waals surface area contributed by atoms with Crippen LogP contribution in [-0.4, -0.2) is 62.1 Å². The van der Waals surface area contributed by atoms with Crippen molar-refractivity contribution in [2.75, 3.05) is 37.1 Å². The van der Waals surface area contributed by atoms with E-state index < -0.39 is 35.7 Å². The molecule has 0 bridgehead atoms. The number of amides is 2. The molecule has 218 valence electrons. The van der Waals surface area contributed by atoms with Crippen LogP contribution < -0.4 is 10.6 Å². The molecular formula is C26H32N2O10S2. The number of hydrogen-bond acceptors (Lipinski definition) is 12. The van der Waals surface area contributed by atoms with Gasteiger partial charge in [-0.25, -0.2) is 19.2 Å². The van der Waals surface area contributed by atoms with Crippen LogP contribution in [-0.2, 0) is 28.5 Å². The zero-order valence-electron chi connectivity index (χ0n) is 23.1. The highest BCUT2D eigenvalue weighted by Gasteiger charge is 2.29. The first-order valence-electron chi connectivity index (χ1n) is 12.5. The van der Waals surface area contributed by atoms with Gasteiger partial charge in [0, 0.05) is 12.8 Å². The fourth-order valence-electron chi connectivity index (χ4n) is 3.49. The van der Waals surface area contributed by atoms with Crippen molar-refractivity contribution >= 4 is 68.4 Å². The molecule has 0 aliphatic heterocycles. The van der Waals surface area contributed by atoms with Crippen LogP contribution in [0, 0.1) is 13.8 Å². The zero-order valence-corrected chi connectivity index (χ0v) is 24.8. The topological polar surface area (TPSA) is 163 Å².